The van der Waals surface area contributed by atoms with E-state index < -0.39 is 34.5 Å². The summed E-state index contributed by atoms with van der Waals surface area (Å²) in [5.74, 6) is -1.43. The zero-order valence-electron chi connectivity index (χ0n) is 19.9. The molecule has 2 aromatic rings. The van der Waals surface area contributed by atoms with Gasteiger partial charge in [0.25, 0.3) is 11.6 Å². The monoisotopic (exact) mass is 482 g/mol. The number of ether oxygens (including phenoxy) is 2. The van der Waals surface area contributed by atoms with Gasteiger partial charge in [-0.25, -0.2) is 9.69 Å². The lowest BCUT2D eigenvalue weighted by molar-refractivity contribution is -0.384. The molecule has 2 aliphatic rings. The van der Waals surface area contributed by atoms with Gasteiger partial charge in [0.15, 0.2) is 11.7 Å². The number of methoxy groups -OCH3 is 2. The van der Waals surface area contributed by atoms with Gasteiger partial charge in [-0.05, 0) is 49.1 Å². The Morgan fingerprint density at radius 1 is 1.11 bits per heavy atom. The van der Waals surface area contributed by atoms with Crippen LogP contribution in [0.5, 0.6) is 0 Å². The average molecular weight is 482 g/mol. The molecule has 2 heterocycles. The number of carbonyl (C=O) groups excluding carboxylic acids is 3. The minimum absolute atomic E-state index is 0.0691. The molecule has 0 aromatic heterocycles. The number of benzene rings is 2. The maximum atomic E-state index is 14.0. The van der Waals surface area contributed by atoms with Crippen LogP contribution in [0.15, 0.2) is 36.4 Å². The molecule has 1 saturated heterocycles. The number of imide groups is 2. The Kier molecular flexibility index (Phi) is 6.30. The van der Waals surface area contributed by atoms with Gasteiger partial charge >= 0.3 is 6.03 Å². The number of hydrogen-bond acceptors (Lipinski definition) is 8. The van der Waals surface area contributed by atoms with Crippen molar-refractivity contribution in [3.63, 3.8) is 0 Å². The van der Waals surface area contributed by atoms with E-state index in [-0.39, 0.29) is 25.2 Å². The van der Waals surface area contributed by atoms with E-state index in [1.54, 1.807) is 30.0 Å². The average Bonchev–Trinajstić information content (AvgIpc) is 2.83. The Labute approximate surface area is 201 Å². The van der Waals surface area contributed by atoms with Crippen molar-refractivity contribution in [1.29, 1.82) is 0 Å². The van der Waals surface area contributed by atoms with Crippen LogP contribution in [-0.2, 0) is 25.5 Å². The van der Waals surface area contributed by atoms with E-state index in [1.165, 1.54) is 26.4 Å². The maximum Gasteiger partial charge on any atom is 0.335 e. The Morgan fingerprint density at radius 2 is 1.83 bits per heavy atom. The maximum absolute atomic E-state index is 14.0. The first-order valence-electron chi connectivity index (χ1n) is 11.0. The van der Waals surface area contributed by atoms with Crippen LogP contribution < -0.4 is 15.1 Å². The molecule has 0 aliphatic carbocycles. The van der Waals surface area contributed by atoms with Gasteiger partial charge in [0, 0.05) is 38.6 Å². The third kappa shape index (κ3) is 4.02. The third-order valence-corrected chi connectivity index (χ3v) is 6.75. The topological polar surface area (TPSA) is 131 Å². The van der Waals surface area contributed by atoms with Gasteiger partial charge in [-0.1, -0.05) is 12.1 Å². The van der Waals surface area contributed by atoms with Crippen molar-refractivity contribution in [2.24, 2.45) is 5.41 Å². The van der Waals surface area contributed by atoms with Gasteiger partial charge in [-0.15, -0.1) is 0 Å². The van der Waals surface area contributed by atoms with Crippen molar-refractivity contribution in [3.8, 4) is 0 Å². The van der Waals surface area contributed by atoms with E-state index in [1.807, 2.05) is 13.0 Å². The van der Waals surface area contributed by atoms with Gasteiger partial charge in [-0.3, -0.25) is 25.0 Å². The van der Waals surface area contributed by atoms with Gasteiger partial charge in [0.05, 0.1) is 17.2 Å². The second-order valence-electron chi connectivity index (χ2n) is 8.73. The lowest BCUT2D eigenvalue weighted by Crippen LogP contribution is -2.69. The van der Waals surface area contributed by atoms with Gasteiger partial charge in [0.2, 0.25) is 5.91 Å². The van der Waals surface area contributed by atoms with Crippen LogP contribution >= 0.6 is 0 Å². The summed E-state index contributed by atoms with van der Waals surface area (Å²) in [4.78, 5) is 53.8. The Balaban J connectivity index is 1.85. The largest absolute Gasteiger partial charge is 0.365 e. The van der Waals surface area contributed by atoms with Crippen molar-refractivity contribution in [3.05, 3.63) is 63.2 Å². The molecule has 11 heteroatoms. The molecular formula is C24H26N4O7. The zero-order chi connectivity index (χ0) is 25.5. The number of non-ortho nitro benzene ring substituents is 1. The number of fused-ring (bicyclic) bond motifs is 1. The lowest BCUT2D eigenvalue weighted by atomic mass is 9.74. The van der Waals surface area contributed by atoms with E-state index in [0.29, 0.717) is 16.9 Å². The number of anilines is 2. The fourth-order valence-corrected chi connectivity index (χ4v) is 4.68. The van der Waals surface area contributed by atoms with Crippen LogP contribution in [0.2, 0.25) is 0 Å². The first kappa shape index (κ1) is 24.3. The Morgan fingerprint density at radius 3 is 2.49 bits per heavy atom. The number of rotatable bonds is 6. The summed E-state index contributed by atoms with van der Waals surface area (Å²) in [6, 6.07) is 8.72. The zero-order valence-corrected chi connectivity index (χ0v) is 19.9. The van der Waals surface area contributed by atoms with Gasteiger partial charge in [0.1, 0.15) is 0 Å². The standard InChI is InChI=1S/C24H26N4O7/c1-14-6-5-7-18(15(14)2)27-22(30)24(21(29)25-23(27)31)11-16-10-17(28(32)33)8-9-19(16)26(13-24)12-20(34-3)35-4/h5-10,20H,11-13H2,1-4H3,(H,25,29,31). The molecule has 0 radical (unpaired) electrons. The molecule has 1 fully saturated rings. The van der Waals surface area contributed by atoms with E-state index >= 15 is 0 Å². The molecule has 2 aliphatic heterocycles. The predicted molar refractivity (Wildman–Crippen MR) is 126 cm³/mol. The summed E-state index contributed by atoms with van der Waals surface area (Å²) in [7, 11) is 2.92. The van der Waals surface area contributed by atoms with Crippen LogP contribution in [0.25, 0.3) is 0 Å². The smallest absolute Gasteiger partial charge is 0.335 e. The molecule has 0 saturated carbocycles. The highest BCUT2D eigenvalue weighted by Gasteiger charge is 2.57. The van der Waals surface area contributed by atoms with Crippen LogP contribution in [0.1, 0.15) is 16.7 Å². The van der Waals surface area contributed by atoms with E-state index in [0.717, 1.165) is 16.0 Å². The van der Waals surface area contributed by atoms with Crippen LogP contribution in [0, 0.1) is 29.4 Å². The molecule has 1 unspecified atom stereocenters. The number of barbiturate groups is 1. The molecular weight excluding hydrogens is 456 g/mol. The molecule has 35 heavy (non-hydrogen) atoms. The van der Waals surface area contributed by atoms with Crippen molar-refractivity contribution in [2.45, 2.75) is 26.6 Å². The highest BCUT2D eigenvalue weighted by atomic mass is 16.7. The highest BCUT2D eigenvalue weighted by molar-refractivity contribution is 6.30. The number of nitro groups is 1. The summed E-state index contributed by atoms with van der Waals surface area (Å²) in [6.45, 7) is 3.74. The summed E-state index contributed by atoms with van der Waals surface area (Å²) in [5, 5.41) is 13.8. The normalized spacial score (nSPS) is 19.9. The fourth-order valence-electron chi connectivity index (χ4n) is 4.68. The number of nitrogens with zero attached hydrogens (tertiary/aromatic N) is 3. The highest BCUT2D eigenvalue weighted by Crippen LogP contribution is 2.42. The summed E-state index contributed by atoms with van der Waals surface area (Å²) in [5.41, 5.74) is 1.18. The molecule has 184 valence electrons. The van der Waals surface area contributed by atoms with Crippen molar-refractivity contribution >= 4 is 34.9 Å². The van der Waals surface area contributed by atoms with E-state index in [4.69, 9.17) is 9.47 Å². The van der Waals surface area contributed by atoms with Gasteiger partial charge in [-0.2, -0.15) is 0 Å². The minimum atomic E-state index is -1.70. The van der Waals surface area contributed by atoms with Crippen LogP contribution in [-0.4, -0.2) is 56.4 Å². The summed E-state index contributed by atoms with van der Waals surface area (Å²) >= 11 is 0. The summed E-state index contributed by atoms with van der Waals surface area (Å²) in [6.07, 6.45) is -0.795. The first-order chi connectivity index (χ1) is 16.6. The minimum Gasteiger partial charge on any atom is -0.365 e. The molecule has 1 atom stereocenters. The number of nitro benzene ring substituents is 1. The van der Waals surface area contributed by atoms with Crippen molar-refractivity contribution < 1.29 is 28.8 Å². The molecule has 4 amide bonds. The third-order valence-electron chi connectivity index (χ3n) is 6.75. The number of carbonyl (C=O) groups is 3. The van der Waals surface area contributed by atoms with Gasteiger partial charge < -0.3 is 14.4 Å². The molecule has 1 N–H and O–H groups in total. The molecule has 11 nitrogen and oxygen atoms in total. The van der Waals surface area contributed by atoms with E-state index in [2.05, 4.69) is 5.32 Å². The first-order valence-corrected chi connectivity index (χ1v) is 11.0. The van der Waals surface area contributed by atoms with E-state index in [9.17, 15) is 24.5 Å². The van der Waals surface area contributed by atoms with Crippen molar-refractivity contribution in [2.75, 3.05) is 37.1 Å². The fraction of sp³-hybridized carbons (Fsp3) is 0.375. The van der Waals surface area contributed by atoms with Crippen LogP contribution in [0.4, 0.5) is 21.9 Å². The molecule has 1 spiro atoms. The Hall–Kier alpha value is -3.83. The second-order valence-corrected chi connectivity index (χ2v) is 8.73. The number of amides is 4. The quantitative estimate of drug-likeness (QED) is 0.288. The second kappa shape index (κ2) is 9.08. The summed E-state index contributed by atoms with van der Waals surface area (Å²) < 4.78 is 10.6. The predicted octanol–water partition coefficient (Wildman–Crippen LogP) is 2.46. The SMILES string of the molecule is COC(CN1CC2(Cc3cc([N+](=O)[O-])ccc31)C(=O)NC(=O)N(c1cccc(C)c1C)C2=O)OC. The van der Waals surface area contributed by atoms with Crippen molar-refractivity contribution in [1.82, 2.24) is 5.32 Å². The van der Waals surface area contributed by atoms with Crippen LogP contribution in [0.3, 0.4) is 0 Å². The number of hydrogen-bond donors (Lipinski definition) is 1. The number of nitrogens with one attached hydrogen (secondary N) is 1. The Bertz CT molecular complexity index is 1230. The molecule has 2 aromatic carbocycles. The number of aryl methyl sites for hydroxylation is 1. The molecule has 4 rings (SSSR count). The lowest BCUT2D eigenvalue weighted by Gasteiger charge is -2.46. The number of urea groups is 1. The molecule has 0 bridgehead atoms.